The fourth-order valence-electron chi connectivity index (χ4n) is 3.25. The van der Waals surface area contributed by atoms with Crippen LogP contribution in [-0.2, 0) is 14.3 Å². The van der Waals surface area contributed by atoms with Gasteiger partial charge in [-0.25, -0.2) is 4.79 Å². The highest BCUT2D eigenvalue weighted by atomic mass is 32.1. The first-order valence-corrected chi connectivity index (χ1v) is 11.4. The fraction of sp³-hybridized carbons (Fsp3) is 0.542. The number of nitrogens with one attached hydrogen (secondary N) is 2. The van der Waals surface area contributed by atoms with Crippen LogP contribution in [0.15, 0.2) is 24.3 Å². The molecule has 1 saturated carbocycles. The van der Waals surface area contributed by atoms with Crippen LogP contribution in [0.4, 0.5) is 4.79 Å². The number of nitrogens with zero attached hydrogens (tertiary/aromatic N) is 1. The third-order valence-corrected chi connectivity index (χ3v) is 5.08. The first kappa shape index (κ1) is 25.6. The van der Waals surface area contributed by atoms with E-state index >= 15 is 0 Å². The molecule has 1 aromatic carbocycles. The van der Waals surface area contributed by atoms with E-state index in [1.54, 1.807) is 49.9 Å². The van der Waals surface area contributed by atoms with Gasteiger partial charge in [0.15, 0.2) is 0 Å². The molecule has 1 fully saturated rings. The van der Waals surface area contributed by atoms with Crippen molar-refractivity contribution in [3.63, 3.8) is 0 Å². The van der Waals surface area contributed by atoms with Gasteiger partial charge in [-0.3, -0.25) is 9.59 Å². The number of hydrogen-bond acceptors (Lipinski definition) is 5. The number of carbonyl (C=O) groups is 3. The molecule has 1 aliphatic carbocycles. The van der Waals surface area contributed by atoms with E-state index in [0.717, 1.165) is 12.8 Å². The Morgan fingerprint density at radius 3 is 2.22 bits per heavy atom. The molecule has 1 aromatic rings. The van der Waals surface area contributed by atoms with E-state index in [0.29, 0.717) is 11.1 Å². The number of terminal acetylenes is 1. The predicted molar refractivity (Wildman–Crippen MR) is 127 cm³/mol. The average molecular weight is 460 g/mol. The van der Waals surface area contributed by atoms with Gasteiger partial charge >= 0.3 is 6.09 Å². The molecule has 174 valence electrons. The van der Waals surface area contributed by atoms with Gasteiger partial charge < -0.3 is 20.3 Å². The van der Waals surface area contributed by atoms with Crippen LogP contribution < -0.4 is 10.6 Å². The van der Waals surface area contributed by atoms with Gasteiger partial charge in [-0.15, -0.1) is 6.42 Å². The number of benzene rings is 1. The zero-order valence-corrected chi connectivity index (χ0v) is 20.2. The van der Waals surface area contributed by atoms with E-state index in [4.69, 9.17) is 11.2 Å². The number of thiol groups is 1. The number of ether oxygens (including phenoxy) is 1. The van der Waals surface area contributed by atoms with Crippen molar-refractivity contribution in [1.82, 2.24) is 15.5 Å². The molecule has 0 heterocycles. The molecule has 0 radical (unpaired) electrons. The highest BCUT2D eigenvalue weighted by Crippen LogP contribution is 2.35. The van der Waals surface area contributed by atoms with Gasteiger partial charge in [-0.2, -0.15) is 12.6 Å². The van der Waals surface area contributed by atoms with Gasteiger partial charge in [0, 0.05) is 23.4 Å². The maximum atomic E-state index is 13.6. The lowest BCUT2D eigenvalue weighted by molar-refractivity contribution is -0.143. The largest absolute Gasteiger partial charge is 0.444 e. The van der Waals surface area contributed by atoms with Gasteiger partial charge in [0.2, 0.25) is 11.8 Å². The quantitative estimate of drug-likeness (QED) is 0.412. The second kappa shape index (κ2) is 10.8. The molecule has 8 heteroatoms. The standard InChI is InChI=1S/C24H33N3O4S/c1-7-16-8-10-17(11-9-16)20(21(28)25-15(2)3)27(18-12-13-18)22(29)19(14-32)26-23(30)31-24(4,5)6/h1,8-11,15,18-20,32H,12-14H2,2-6H3,(H,25,28)(H,26,30). The monoisotopic (exact) mass is 459 g/mol. The lowest BCUT2D eigenvalue weighted by Gasteiger charge is -2.34. The van der Waals surface area contributed by atoms with E-state index in [1.807, 2.05) is 13.8 Å². The van der Waals surface area contributed by atoms with Crippen molar-refractivity contribution < 1.29 is 19.1 Å². The highest BCUT2D eigenvalue weighted by molar-refractivity contribution is 7.80. The molecular weight excluding hydrogens is 426 g/mol. The Morgan fingerprint density at radius 1 is 1.19 bits per heavy atom. The first-order chi connectivity index (χ1) is 15.0. The second-order valence-corrected chi connectivity index (χ2v) is 9.56. The summed E-state index contributed by atoms with van der Waals surface area (Å²) in [5.41, 5.74) is 0.626. The smallest absolute Gasteiger partial charge is 0.408 e. The minimum atomic E-state index is -0.937. The summed E-state index contributed by atoms with van der Waals surface area (Å²) in [6, 6.07) is 5.02. The van der Waals surface area contributed by atoms with Crippen molar-refractivity contribution >= 4 is 30.5 Å². The summed E-state index contributed by atoms with van der Waals surface area (Å²) in [6.45, 7) is 8.95. The average Bonchev–Trinajstić information content (AvgIpc) is 3.52. The number of amides is 3. The third kappa shape index (κ3) is 7.20. The summed E-state index contributed by atoms with van der Waals surface area (Å²) >= 11 is 4.27. The van der Waals surface area contributed by atoms with Crippen LogP contribution in [0, 0.1) is 12.3 Å². The van der Waals surface area contributed by atoms with Crippen LogP contribution in [0.25, 0.3) is 0 Å². The molecule has 0 aliphatic heterocycles. The molecule has 0 bridgehead atoms. The maximum absolute atomic E-state index is 13.6. The van der Waals surface area contributed by atoms with Gasteiger partial charge in [-0.1, -0.05) is 18.1 Å². The summed E-state index contributed by atoms with van der Waals surface area (Å²) in [4.78, 5) is 40.7. The van der Waals surface area contributed by atoms with E-state index in [-0.39, 0.29) is 29.7 Å². The molecule has 2 N–H and O–H groups in total. The topological polar surface area (TPSA) is 87.7 Å². The highest BCUT2D eigenvalue weighted by Gasteiger charge is 2.43. The molecule has 2 rings (SSSR count). The molecule has 2 atom stereocenters. The Balaban J connectivity index is 2.37. The summed E-state index contributed by atoms with van der Waals surface area (Å²) in [5, 5.41) is 5.52. The lowest BCUT2D eigenvalue weighted by Crippen LogP contribution is -2.54. The van der Waals surface area contributed by atoms with Crippen LogP contribution in [0.3, 0.4) is 0 Å². The molecular formula is C24H33N3O4S. The number of rotatable bonds is 8. The summed E-state index contributed by atoms with van der Waals surface area (Å²) < 4.78 is 5.29. The van der Waals surface area contributed by atoms with Crippen molar-refractivity contribution in [3.05, 3.63) is 35.4 Å². The minimum Gasteiger partial charge on any atom is -0.444 e. The van der Waals surface area contributed by atoms with Gasteiger partial charge in [-0.05, 0) is 65.2 Å². The fourth-order valence-corrected chi connectivity index (χ4v) is 3.50. The normalized spacial score (nSPS) is 15.3. The Bertz CT molecular complexity index is 867. The van der Waals surface area contributed by atoms with Crippen molar-refractivity contribution in [3.8, 4) is 12.3 Å². The maximum Gasteiger partial charge on any atom is 0.408 e. The third-order valence-electron chi connectivity index (χ3n) is 4.72. The Morgan fingerprint density at radius 2 is 1.78 bits per heavy atom. The van der Waals surface area contributed by atoms with E-state index < -0.39 is 23.8 Å². The molecule has 0 aromatic heterocycles. The van der Waals surface area contributed by atoms with Crippen molar-refractivity contribution in [2.75, 3.05) is 5.75 Å². The SMILES string of the molecule is C#Cc1ccc(C(C(=O)NC(C)C)N(C(=O)C(CS)NC(=O)OC(C)(C)C)C2CC2)cc1. The Labute approximate surface area is 196 Å². The number of carbonyl (C=O) groups excluding carboxylic acids is 3. The van der Waals surface area contributed by atoms with Crippen molar-refractivity contribution in [1.29, 1.82) is 0 Å². The molecule has 0 spiro atoms. The number of alkyl carbamates (subject to hydrolysis) is 1. The van der Waals surface area contributed by atoms with Crippen LogP contribution in [0.1, 0.15) is 64.6 Å². The van der Waals surface area contributed by atoms with Crippen LogP contribution in [0.5, 0.6) is 0 Å². The minimum absolute atomic E-state index is 0.0653. The van der Waals surface area contributed by atoms with E-state index in [1.165, 1.54) is 0 Å². The van der Waals surface area contributed by atoms with E-state index in [9.17, 15) is 14.4 Å². The first-order valence-electron chi connectivity index (χ1n) is 10.8. The summed E-state index contributed by atoms with van der Waals surface area (Å²) in [7, 11) is 0. The van der Waals surface area contributed by atoms with Gasteiger partial charge in [0.05, 0.1) is 0 Å². The van der Waals surface area contributed by atoms with E-state index in [2.05, 4.69) is 29.2 Å². The zero-order chi connectivity index (χ0) is 24.1. The molecule has 3 amide bonds. The molecule has 7 nitrogen and oxygen atoms in total. The van der Waals surface area contributed by atoms with Crippen LogP contribution >= 0.6 is 12.6 Å². The zero-order valence-electron chi connectivity index (χ0n) is 19.3. The summed E-state index contributed by atoms with van der Waals surface area (Å²) in [5.74, 6) is 1.96. The Kier molecular flexibility index (Phi) is 8.62. The molecule has 32 heavy (non-hydrogen) atoms. The van der Waals surface area contributed by atoms with Crippen LogP contribution in [0.2, 0.25) is 0 Å². The second-order valence-electron chi connectivity index (χ2n) is 9.19. The van der Waals surface area contributed by atoms with Crippen molar-refractivity contribution in [2.24, 2.45) is 0 Å². The summed E-state index contributed by atoms with van der Waals surface area (Å²) in [6.07, 6.45) is 6.32. The Hall–Kier alpha value is -2.66. The number of hydrogen-bond donors (Lipinski definition) is 3. The molecule has 0 saturated heterocycles. The predicted octanol–water partition coefficient (Wildman–Crippen LogP) is 3.05. The van der Waals surface area contributed by atoms with Gasteiger partial charge in [0.1, 0.15) is 17.7 Å². The van der Waals surface area contributed by atoms with Crippen molar-refractivity contribution in [2.45, 2.75) is 77.2 Å². The lowest BCUT2D eigenvalue weighted by atomic mass is 10.0. The van der Waals surface area contributed by atoms with Crippen LogP contribution in [-0.4, -0.2) is 52.3 Å². The van der Waals surface area contributed by atoms with Gasteiger partial charge in [0.25, 0.3) is 0 Å². The molecule has 2 unspecified atom stereocenters. The molecule has 1 aliphatic rings.